The summed E-state index contributed by atoms with van der Waals surface area (Å²) in [6, 6.07) is 16.1. The van der Waals surface area contributed by atoms with Crippen LogP contribution in [-0.2, 0) is 11.2 Å². The number of hydrogen-bond donors (Lipinski definition) is 3. The number of carboxylic acids is 1. The number of rotatable bonds is 6. The molecule has 6 heteroatoms. The second kappa shape index (κ2) is 8.14. The number of phenols is 1. The fraction of sp³-hybridized carbons (Fsp3) is 0.0952. The van der Waals surface area contributed by atoms with Gasteiger partial charge < -0.3 is 15.5 Å². The summed E-state index contributed by atoms with van der Waals surface area (Å²) < 4.78 is 0. The predicted molar refractivity (Wildman–Crippen MR) is 100 cm³/mol. The van der Waals surface area contributed by atoms with Crippen molar-refractivity contribution < 1.29 is 19.8 Å². The molecule has 2 aromatic carbocycles. The molecule has 3 N–H and O–H groups in total. The molecule has 1 aromatic heterocycles. The first-order valence-electron chi connectivity index (χ1n) is 8.35. The third-order valence-corrected chi connectivity index (χ3v) is 4.12. The van der Waals surface area contributed by atoms with Crippen molar-refractivity contribution in [3.63, 3.8) is 0 Å². The summed E-state index contributed by atoms with van der Waals surface area (Å²) in [4.78, 5) is 28.2. The molecule has 3 rings (SSSR count). The Morgan fingerprint density at radius 3 is 2.44 bits per heavy atom. The molecule has 27 heavy (non-hydrogen) atoms. The SMILES string of the molecule is O=C(NC(Cc1ccccc1)C(=O)O)c1cc(-c2cccnc2)ccc1O. The summed E-state index contributed by atoms with van der Waals surface area (Å²) in [5.41, 5.74) is 2.28. The van der Waals surface area contributed by atoms with Crippen LogP contribution in [0.25, 0.3) is 11.1 Å². The molecule has 0 aliphatic heterocycles. The van der Waals surface area contributed by atoms with Gasteiger partial charge in [-0.3, -0.25) is 9.78 Å². The summed E-state index contributed by atoms with van der Waals surface area (Å²) in [7, 11) is 0. The van der Waals surface area contributed by atoms with Crippen molar-refractivity contribution in [1.29, 1.82) is 0 Å². The quantitative estimate of drug-likeness (QED) is 0.626. The number of carboxylic acid groups (broad SMARTS) is 1. The number of nitrogens with zero attached hydrogens (tertiary/aromatic N) is 1. The Bertz CT molecular complexity index is 943. The van der Waals surface area contributed by atoms with Crippen LogP contribution >= 0.6 is 0 Å². The van der Waals surface area contributed by atoms with Crippen LogP contribution in [0.15, 0.2) is 73.1 Å². The number of nitrogens with one attached hydrogen (secondary N) is 1. The highest BCUT2D eigenvalue weighted by molar-refractivity contribution is 6.00. The molecule has 1 atom stereocenters. The summed E-state index contributed by atoms with van der Waals surface area (Å²) in [6.45, 7) is 0. The molecule has 3 aromatic rings. The summed E-state index contributed by atoms with van der Waals surface area (Å²) in [5, 5.41) is 22.0. The number of aliphatic carboxylic acids is 1. The Hall–Kier alpha value is -3.67. The minimum Gasteiger partial charge on any atom is -0.507 e. The van der Waals surface area contributed by atoms with E-state index in [2.05, 4.69) is 10.3 Å². The second-order valence-electron chi connectivity index (χ2n) is 6.03. The molecule has 0 saturated heterocycles. The van der Waals surface area contributed by atoms with Gasteiger partial charge in [0.2, 0.25) is 0 Å². The normalized spacial score (nSPS) is 11.6. The van der Waals surface area contributed by atoms with Crippen LogP contribution in [-0.4, -0.2) is 33.1 Å². The van der Waals surface area contributed by atoms with Gasteiger partial charge in [-0.05, 0) is 29.3 Å². The largest absolute Gasteiger partial charge is 0.507 e. The fourth-order valence-corrected chi connectivity index (χ4v) is 2.72. The molecule has 1 amide bonds. The molecule has 136 valence electrons. The molecule has 1 heterocycles. The van der Waals surface area contributed by atoms with E-state index >= 15 is 0 Å². The highest BCUT2D eigenvalue weighted by Gasteiger charge is 2.23. The average molecular weight is 362 g/mol. The number of pyridine rings is 1. The van der Waals surface area contributed by atoms with Gasteiger partial charge in [-0.15, -0.1) is 0 Å². The molecular weight excluding hydrogens is 344 g/mol. The first kappa shape index (κ1) is 18.1. The molecule has 0 saturated carbocycles. The van der Waals surface area contributed by atoms with Gasteiger partial charge in [0.05, 0.1) is 5.56 Å². The number of carbonyl (C=O) groups excluding carboxylic acids is 1. The van der Waals surface area contributed by atoms with Crippen LogP contribution in [0.5, 0.6) is 5.75 Å². The van der Waals surface area contributed by atoms with Crippen LogP contribution in [0.1, 0.15) is 15.9 Å². The van der Waals surface area contributed by atoms with E-state index in [1.807, 2.05) is 12.1 Å². The van der Waals surface area contributed by atoms with E-state index in [0.717, 1.165) is 11.1 Å². The zero-order valence-electron chi connectivity index (χ0n) is 14.4. The van der Waals surface area contributed by atoms with Crippen molar-refractivity contribution in [1.82, 2.24) is 10.3 Å². The summed E-state index contributed by atoms with van der Waals surface area (Å²) in [6.07, 6.45) is 3.42. The van der Waals surface area contributed by atoms with Gasteiger partial charge in [-0.25, -0.2) is 4.79 Å². The Balaban J connectivity index is 1.82. The number of carbonyl (C=O) groups is 2. The van der Waals surface area contributed by atoms with Gasteiger partial charge in [0.25, 0.3) is 5.91 Å². The van der Waals surface area contributed by atoms with Gasteiger partial charge in [0.15, 0.2) is 0 Å². The number of amides is 1. The van der Waals surface area contributed by atoms with Crippen LogP contribution in [0.2, 0.25) is 0 Å². The molecule has 0 aliphatic carbocycles. The highest BCUT2D eigenvalue weighted by atomic mass is 16.4. The van der Waals surface area contributed by atoms with E-state index in [9.17, 15) is 19.8 Å². The number of phenolic OH excluding ortho intramolecular Hbond substituents is 1. The van der Waals surface area contributed by atoms with Gasteiger partial charge in [-0.1, -0.05) is 42.5 Å². The van der Waals surface area contributed by atoms with Crippen molar-refractivity contribution in [2.45, 2.75) is 12.5 Å². The maximum atomic E-state index is 12.6. The molecular formula is C21H18N2O4. The molecule has 0 bridgehead atoms. The van der Waals surface area contributed by atoms with Crippen molar-refractivity contribution in [3.8, 4) is 16.9 Å². The fourth-order valence-electron chi connectivity index (χ4n) is 2.72. The molecule has 0 fully saturated rings. The van der Waals surface area contributed by atoms with Crippen LogP contribution in [0, 0.1) is 0 Å². The average Bonchev–Trinajstić information content (AvgIpc) is 2.69. The number of hydrogen-bond acceptors (Lipinski definition) is 4. The van der Waals surface area contributed by atoms with E-state index in [1.54, 1.807) is 48.8 Å². The Labute approximate surface area is 156 Å². The van der Waals surface area contributed by atoms with Gasteiger partial charge >= 0.3 is 5.97 Å². The van der Waals surface area contributed by atoms with Gasteiger partial charge in [0, 0.05) is 24.4 Å². The topological polar surface area (TPSA) is 99.5 Å². The molecule has 1 unspecified atom stereocenters. The monoisotopic (exact) mass is 362 g/mol. The van der Waals surface area contributed by atoms with Gasteiger partial charge in [0.1, 0.15) is 11.8 Å². The zero-order valence-corrected chi connectivity index (χ0v) is 14.4. The van der Waals surface area contributed by atoms with Crippen LogP contribution in [0.3, 0.4) is 0 Å². The Kier molecular flexibility index (Phi) is 5.47. The summed E-state index contributed by atoms with van der Waals surface area (Å²) in [5.74, 6) is -2.01. The standard InChI is InChI=1S/C21H18N2O4/c24-19-9-8-15(16-7-4-10-22-13-16)12-17(19)20(25)23-18(21(26)27)11-14-5-2-1-3-6-14/h1-10,12-13,18,24H,11H2,(H,23,25)(H,26,27). The first-order chi connectivity index (χ1) is 13.0. The smallest absolute Gasteiger partial charge is 0.326 e. The number of benzene rings is 2. The van der Waals surface area contributed by atoms with E-state index in [1.165, 1.54) is 12.1 Å². The second-order valence-corrected chi connectivity index (χ2v) is 6.03. The molecule has 0 aliphatic rings. The van der Waals surface area contributed by atoms with E-state index in [4.69, 9.17) is 0 Å². The Morgan fingerprint density at radius 1 is 1.00 bits per heavy atom. The predicted octanol–water partition coefficient (Wildman–Crippen LogP) is 2.88. The van der Waals surface area contributed by atoms with Crippen molar-refractivity contribution >= 4 is 11.9 Å². The lowest BCUT2D eigenvalue weighted by molar-refractivity contribution is -0.139. The lowest BCUT2D eigenvalue weighted by atomic mass is 10.0. The van der Waals surface area contributed by atoms with Crippen molar-refractivity contribution in [2.24, 2.45) is 0 Å². The molecule has 6 nitrogen and oxygen atoms in total. The lowest BCUT2D eigenvalue weighted by Crippen LogP contribution is -2.42. The minimum absolute atomic E-state index is 0.00987. The van der Waals surface area contributed by atoms with E-state index < -0.39 is 17.9 Å². The van der Waals surface area contributed by atoms with Gasteiger partial charge in [-0.2, -0.15) is 0 Å². The highest BCUT2D eigenvalue weighted by Crippen LogP contribution is 2.25. The third-order valence-electron chi connectivity index (χ3n) is 4.12. The Morgan fingerprint density at radius 2 is 1.78 bits per heavy atom. The van der Waals surface area contributed by atoms with E-state index in [-0.39, 0.29) is 17.7 Å². The zero-order chi connectivity index (χ0) is 19.2. The summed E-state index contributed by atoms with van der Waals surface area (Å²) >= 11 is 0. The van der Waals surface area contributed by atoms with Crippen LogP contribution in [0.4, 0.5) is 0 Å². The number of aromatic nitrogens is 1. The van der Waals surface area contributed by atoms with Crippen molar-refractivity contribution in [3.05, 3.63) is 84.2 Å². The lowest BCUT2D eigenvalue weighted by Gasteiger charge is -2.16. The van der Waals surface area contributed by atoms with Crippen molar-refractivity contribution in [2.75, 3.05) is 0 Å². The van der Waals surface area contributed by atoms with E-state index in [0.29, 0.717) is 5.56 Å². The third kappa shape index (κ3) is 4.49. The van der Waals surface area contributed by atoms with Crippen LogP contribution < -0.4 is 5.32 Å². The molecule has 0 radical (unpaired) electrons. The maximum Gasteiger partial charge on any atom is 0.326 e. The first-order valence-corrected chi connectivity index (χ1v) is 8.35. The number of aromatic hydroxyl groups is 1. The minimum atomic E-state index is -1.14. The molecule has 0 spiro atoms. The maximum absolute atomic E-state index is 12.6.